The van der Waals surface area contributed by atoms with Gasteiger partial charge < -0.3 is 13.8 Å². The van der Waals surface area contributed by atoms with E-state index in [1.54, 1.807) is 12.1 Å². The fourth-order valence-corrected chi connectivity index (χ4v) is 3.97. The van der Waals surface area contributed by atoms with Gasteiger partial charge in [-0.1, -0.05) is 30.8 Å². The average molecular weight is 433 g/mol. The summed E-state index contributed by atoms with van der Waals surface area (Å²) >= 11 is 1.51. The summed E-state index contributed by atoms with van der Waals surface area (Å²) in [6.07, 6.45) is 0. The lowest BCUT2D eigenvalue weighted by atomic mass is 10.2. The van der Waals surface area contributed by atoms with Crippen LogP contribution in [0.1, 0.15) is 31.5 Å². The highest BCUT2D eigenvalue weighted by Crippen LogP contribution is 2.27. The number of morpholine rings is 1. The molecule has 1 aliphatic heterocycles. The standard InChI is InChI=1S/C20H25FN6O2S/c1-14(2)18-22-17(29-25-18)13-30-20-24-23-19(15-3-5-16(21)6-4-15)27(20)8-7-26-9-11-28-12-10-26/h3-6,14H,7-13H2,1-2H3. The van der Waals surface area contributed by atoms with Gasteiger partial charge in [-0.05, 0) is 24.3 Å². The smallest absolute Gasteiger partial charge is 0.237 e. The number of benzene rings is 1. The second-order valence-corrected chi connectivity index (χ2v) is 8.35. The molecule has 2 aromatic heterocycles. The lowest BCUT2D eigenvalue weighted by Crippen LogP contribution is -2.38. The van der Waals surface area contributed by atoms with Crippen LogP contribution in [-0.4, -0.2) is 62.7 Å². The van der Waals surface area contributed by atoms with Crippen LogP contribution in [0.5, 0.6) is 0 Å². The Bertz CT molecular complexity index is 953. The number of thioether (sulfide) groups is 1. The minimum Gasteiger partial charge on any atom is -0.379 e. The van der Waals surface area contributed by atoms with Crippen molar-refractivity contribution in [3.8, 4) is 11.4 Å². The van der Waals surface area contributed by atoms with Crippen molar-refractivity contribution in [3.63, 3.8) is 0 Å². The number of rotatable bonds is 8. The maximum Gasteiger partial charge on any atom is 0.237 e. The summed E-state index contributed by atoms with van der Waals surface area (Å²) in [7, 11) is 0. The van der Waals surface area contributed by atoms with Crippen molar-refractivity contribution in [2.24, 2.45) is 0 Å². The van der Waals surface area contributed by atoms with E-state index in [0.29, 0.717) is 17.5 Å². The number of halogens is 1. The van der Waals surface area contributed by atoms with Gasteiger partial charge in [0, 0.05) is 37.7 Å². The summed E-state index contributed by atoms with van der Waals surface area (Å²) in [5.41, 5.74) is 0.831. The maximum atomic E-state index is 13.4. The molecule has 1 aliphatic rings. The normalized spacial score (nSPS) is 15.2. The molecule has 1 saturated heterocycles. The Hall–Kier alpha value is -2.30. The van der Waals surface area contributed by atoms with Gasteiger partial charge >= 0.3 is 0 Å². The van der Waals surface area contributed by atoms with Gasteiger partial charge in [-0.2, -0.15) is 4.98 Å². The van der Waals surface area contributed by atoms with E-state index in [1.165, 1.54) is 23.9 Å². The molecule has 0 radical (unpaired) electrons. The quantitative estimate of drug-likeness (QED) is 0.502. The van der Waals surface area contributed by atoms with Crippen LogP contribution in [0.3, 0.4) is 0 Å². The minimum atomic E-state index is -0.273. The third kappa shape index (κ3) is 5.05. The molecule has 0 spiro atoms. The van der Waals surface area contributed by atoms with Crippen LogP contribution in [0.2, 0.25) is 0 Å². The summed E-state index contributed by atoms with van der Waals surface area (Å²) < 4.78 is 26.2. The van der Waals surface area contributed by atoms with Crippen LogP contribution < -0.4 is 0 Å². The highest BCUT2D eigenvalue weighted by Gasteiger charge is 2.18. The summed E-state index contributed by atoms with van der Waals surface area (Å²) in [5, 5.41) is 13.6. The van der Waals surface area contributed by atoms with Crippen molar-refractivity contribution in [3.05, 3.63) is 41.8 Å². The third-order valence-corrected chi connectivity index (χ3v) is 5.84. The monoisotopic (exact) mass is 432 g/mol. The van der Waals surface area contributed by atoms with Crippen molar-refractivity contribution in [2.45, 2.75) is 37.2 Å². The summed E-state index contributed by atoms with van der Waals surface area (Å²) in [6, 6.07) is 6.34. The van der Waals surface area contributed by atoms with Crippen molar-refractivity contribution in [1.82, 2.24) is 29.8 Å². The molecular weight excluding hydrogens is 407 g/mol. The van der Waals surface area contributed by atoms with Crippen LogP contribution in [0, 0.1) is 5.82 Å². The topological polar surface area (TPSA) is 82.1 Å². The van der Waals surface area contributed by atoms with E-state index in [4.69, 9.17) is 9.26 Å². The van der Waals surface area contributed by atoms with Crippen LogP contribution in [-0.2, 0) is 17.0 Å². The largest absolute Gasteiger partial charge is 0.379 e. The number of hydrogen-bond donors (Lipinski definition) is 0. The van der Waals surface area contributed by atoms with Gasteiger partial charge in [-0.3, -0.25) is 4.90 Å². The van der Waals surface area contributed by atoms with E-state index in [2.05, 4.69) is 29.8 Å². The minimum absolute atomic E-state index is 0.217. The van der Waals surface area contributed by atoms with Crippen molar-refractivity contribution >= 4 is 11.8 Å². The fourth-order valence-electron chi connectivity index (χ4n) is 3.16. The summed E-state index contributed by atoms with van der Waals surface area (Å²) in [5.74, 6) is 2.44. The van der Waals surface area contributed by atoms with Gasteiger partial charge in [-0.15, -0.1) is 10.2 Å². The summed E-state index contributed by atoms with van der Waals surface area (Å²) in [6.45, 7) is 8.98. The molecule has 1 fully saturated rings. The molecule has 1 aromatic carbocycles. The molecule has 3 aromatic rings. The molecule has 3 heterocycles. The molecule has 0 unspecified atom stereocenters. The van der Waals surface area contributed by atoms with Gasteiger partial charge in [0.05, 0.1) is 19.0 Å². The third-order valence-electron chi connectivity index (χ3n) is 4.89. The highest BCUT2D eigenvalue weighted by molar-refractivity contribution is 7.98. The van der Waals surface area contributed by atoms with Gasteiger partial charge in [0.25, 0.3) is 0 Å². The average Bonchev–Trinajstić information content (AvgIpc) is 3.39. The van der Waals surface area contributed by atoms with E-state index in [9.17, 15) is 4.39 Å². The lowest BCUT2D eigenvalue weighted by Gasteiger charge is -2.27. The van der Waals surface area contributed by atoms with Crippen molar-refractivity contribution in [2.75, 3.05) is 32.8 Å². The van der Waals surface area contributed by atoms with E-state index in [0.717, 1.165) is 55.9 Å². The molecule has 30 heavy (non-hydrogen) atoms. The molecule has 4 rings (SSSR count). The SMILES string of the molecule is CC(C)c1noc(CSc2nnc(-c3ccc(F)cc3)n2CCN2CCOCC2)n1. The molecule has 0 bridgehead atoms. The van der Waals surface area contributed by atoms with Crippen molar-refractivity contribution in [1.29, 1.82) is 0 Å². The zero-order valence-electron chi connectivity index (χ0n) is 17.1. The Morgan fingerprint density at radius 2 is 1.87 bits per heavy atom. The first-order chi connectivity index (χ1) is 14.6. The molecule has 0 atom stereocenters. The Balaban J connectivity index is 1.52. The second-order valence-electron chi connectivity index (χ2n) is 7.41. The Labute approximate surface area is 178 Å². The molecule has 8 nitrogen and oxygen atoms in total. The molecule has 0 amide bonds. The van der Waals surface area contributed by atoms with Crippen LogP contribution in [0.15, 0.2) is 33.9 Å². The Morgan fingerprint density at radius 1 is 1.10 bits per heavy atom. The zero-order chi connectivity index (χ0) is 20.9. The fraction of sp³-hybridized carbons (Fsp3) is 0.500. The Kier molecular flexibility index (Phi) is 6.76. The lowest BCUT2D eigenvalue weighted by molar-refractivity contribution is 0.0361. The van der Waals surface area contributed by atoms with E-state index >= 15 is 0 Å². The van der Waals surface area contributed by atoms with Gasteiger partial charge in [0.15, 0.2) is 16.8 Å². The zero-order valence-corrected chi connectivity index (χ0v) is 17.9. The number of nitrogens with zero attached hydrogens (tertiary/aromatic N) is 6. The highest BCUT2D eigenvalue weighted by atomic mass is 32.2. The maximum absolute atomic E-state index is 13.4. The van der Waals surface area contributed by atoms with E-state index < -0.39 is 0 Å². The number of hydrogen-bond acceptors (Lipinski definition) is 8. The van der Waals surface area contributed by atoms with Gasteiger partial charge in [0.2, 0.25) is 5.89 Å². The molecule has 0 N–H and O–H groups in total. The van der Waals surface area contributed by atoms with E-state index in [1.807, 2.05) is 13.8 Å². The van der Waals surface area contributed by atoms with Crippen LogP contribution in [0.4, 0.5) is 4.39 Å². The van der Waals surface area contributed by atoms with Gasteiger partial charge in [-0.25, -0.2) is 4.39 Å². The summed E-state index contributed by atoms with van der Waals surface area (Å²) in [4.78, 5) is 6.79. The van der Waals surface area contributed by atoms with E-state index in [-0.39, 0.29) is 11.7 Å². The molecular formula is C20H25FN6O2S. The number of ether oxygens (including phenoxy) is 1. The molecule has 0 aliphatic carbocycles. The van der Waals surface area contributed by atoms with Crippen LogP contribution >= 0.6 is 11.8 Å². The first-order valence-electron chi connectivity index (χ1n) is 10.0. The first-order valence-corrected chi connectivity index (χ1v) is 11.0. The Morgan fingerprint density at radius 3 is 2.57 bits per heavy atom. The molecule has 0 saturated carbocycles. The first kappa shape index (κ1) is 21.0. The second kappa shape index (κ2) is 9.67. The predicted octanol–water partition coefficient (Wildman–Crippen LogP) is 3.22. The molecule has 10 heteroatoms. The van der Waals surface area contributed by atoms with Crippen molar-refractivity contribution < 1.29 is 13.7 Å². The predicted molar refractivity (Wildman–Crippen MR) is 111 cm³/mol. The number of aromatic nitrogens is 5. The molecule has 160 valence electrons. The van der Waals surface area contributed by atoms with Crippen LogP contribution in [0.25, 0.3) is 11.4 Å². The van der Waals surface area contributed by atoms with Gasteiger partial charge in [0.1, 0.15) is 5.82 Å².